The Morgan fingerprint density at radius 1 is 0.733 bits per heavy atom. The lowest BCUT2D eigenvalue weighted by atomic mass is 9.93. The van der Waals surface area contributed by atoms with Crippen molar-refractivity contribution in [2.45, 2.75) is 30.7 Å². The highest BCUT2D eigenvalue weighted by atomic mass is 19.4. The summed E-state index contributed by atoms with van der Waals surface area (Å²) in [6.45, 7) is -0.438. The van der Waals surface area contributed by atoms with E-state index in [2.05, 4.69) is 5.32 Å². The Hall–Kier alpha value is -2.79. The molecule has 0 fully saturated rings. The fourth-order valence-electron chi connectivity index (χ4n) is 2.46. The molecule has 12 heteroatoms. The number of benzene rings is 2. The second kappa shape index (κ2) is 7.80. The van der Waals surface area contributed by atoms with Crippen LogP contribution in [0.3, 0.4) is 0 Å². The topological polar surface area (TPSA) is 29.1 Å². The number of halogens is 10. The summed E-state index contributed by atoms with van der Waals surface area (Å²) in [4.78, 5) is 12.0. The average molecular weight is 447 g/mol. The molecule has 0 atom stereocenters. The molecule has 2 aromatic rings. The minimum absolute atomic E-state index is 0.00854. The molecule has 2 nitrogen and oxygen atoms in total. The molecule has 0 heterocycles. The van der Waals surface area contributed by atoms with Gasteiger partial charge in [-0.15, -0.1) is 0 Å². The highest BCUT2D eigenvalue weighted by molar-refractivity contribution is 5.94. The van der Waals surface area contributed by atoms with Crippen molar-refractivity contribution in [2.24, 2.45) is 0 Å². The molecular formula is C18H11F10NO. The Morgan fingerprint density at radius 2 is 1.27 bits per heavy atom. The van der Waals surface area contributed by atoms with Gasteiger partial charge in [-0.3, -0.25) is 4.79 Å². The number of amides is 1. The average Bonchev–Trinajstić information content (AvgIpc) is 2.63. The largest absolute Gasteiger partial charge is 0.435 e. The molecule has 0 saturated heterocycles. The lowest BCUT2D eigenvalue weighted by Crippen LogP contribution is -2.50. The number of nitrogens with one attached hydrogen (secondary N) is 1. The molecule has 30 heavy (non-hydrogen) atoms. The predicted molar refractivity (Wildman–Crippen MR) is 84.0 cm³/mol. The van der Waals surface area contributed by atoms with Gasteiger partial charge < -0.3 is 5.32 Å². The van der Waals surface area contributed by atoms with Crippen LogP contribution in [0.25, 0.3) is 0 Å². The van der Waals surface area contributed by atoms with E-state index >= 15 is 0 Å². The van der Waals surface area contributed by atoms with E-state index in [0.717, 1.165) is 30.3 Å². The van der Waals surface area contributed by atoms with Gasteiger partial charge in [0.05, 0.1) is 5.56 Å². The Kier molecular flexibility index (Phi) is 6.11. The van der Waals surface area contributed by atoms with Crippen LogP contribution in [0.5, 0.6) is 0 Å². The summed E-state index contributed by atoms with van der Waals surface area (Å²) in [5.74, 6) is -0.962. The summed E-state index contributed by atoms with van der Waals surface area (Å²) < 4.78 is 128. The molecule has 0 bridgehead atoms. The highest BCUT2D eigenvalue weighted by Gasteiger charge is 2.73. The Balaban J connectivity index is 2.16. The van der Waals surface area contributed by atoms with Crippen molar-refractivity contribution in [1.29, 1.82) is 0 Å². The van der Waals surface area contributed by atoms with Gasteiger partial charge in [0.25, 0.3) is 5.91 Å². The van der Waals surface area contributed by atoms with Gasteiger partial charge in [-0.1, -0.05) is 30.3 Å². The lowest BCUT2D eigenvalue weighted by molar-refractivity contribution is -0.348. The molecule has 0 aliphatic rings. The van der Waals surface area contributed by atoms with Gasteiger partial charge in [0.2, 0.25) is 0 Å². The zero-order valence-corrected chi connectivity index (χ0v) is 14.5. The molecule has 2 aromatic carbocycles. The van der Waals surface area contributed by atoms with E-state index in [-0.39, 0.29) is 23.3 Å². The molecule has 1 amide bonds. The number of carbonyl (C=O) groups is 1. The first kappa shape index (κ1) is 23.5. The maximum Gasteiger partial charge on any atom is 0.435 e. The fourth-order valence-corrected chi connectivity index (χ4v) is 2.46. The SMILES string of the molecule is O=C(NCc1ccc(C(F)(C(F)(F)F)C(F)(F)F)cc1)c1cccc(C(F)(F)F)c1. The molecule has 0 aliphatic heterocycles. The standard InChI is InChI=1S/C18H11F10NO/c19-15(17(23,24)25,18(26,27)28)12-6-4-10(5-7-12)9-29-14(30)11-2-1-3-13(8-11)16(20,21)22/h1-8H,9H2,(H,29,30). The first-order valence-corrected chi connectivity index (χ1v) is 7.94. The van der Waals surface area contributed by atoms with Crippen LogP contribution in [0.2, 0.25) is 0 Å². The van der Waals surface area contributed by atoms with Crippen LogP contribution in [-0.2, 0) is 18.4 Å². The monoisotopic (exact) mass is 447 g/mol. The molecular weight excluding hydrogens is 436 g/mol. The third-order valence-corrected chi connectivity index (χ3v) is 4.04. The van der Waals surface area contributed by atoms with Crippen LogP contribution in [0.4, 0.5) is 43.9 Å². The van der Waals surface area contributed by atoms with Gasteiger partial charge in [-0.05, 0) is 23.8 Å². The molecule has 0 aromatic heterocycles. The van der Waals surface area contributed by atoms with Gasteiger partial charge in [-0.25, -0.2) is 4.39 Å². The fraction of sp³-hybridized carbons (Fsp3) is 0.278. The van der Waals surface area contributed by atoms with Crippen molar-refractivity contribution in [3.63, 3.8) is 0 Å². The van der Waals surface area contributed by atoms with E-state index in [1.807, 2.05) is 0 Å². The number of hydrogen-bond donors (Lipinski definition) is 1. The molecule has 0 saturated carbocycles. The number of alkyl halides is 10. The number of rotatable bonds is 4. The molecule has 164 valence electrons. The normalized spacial score (nSPS) is 13.3. The second-order valence-corrected chi connectivity index (χ2v) is 6.11. The van der Waals surface area contributed by atoms with Gasteiger partial charge in [0.15, 0.2) is 0 Å². The van der Waals surface area contributed by atoms with E-state index in [1.165, 1.54) is 0 Å². The van der Waals surface area contributed by atoms with Crippen molar-refractivity contribution in [2.75, 3.05) is 0 Å². The second-order valence-electron chi connectivity index (χ2n) is 6.11. The van der Waals surface area contributed by atoms with E-state index in [4.69, 9.17) is 0 Å². The van der Waals surface area contributed by atoms with Crippen molar-refractivity contribution < 1.29 is 48.7 Å². The highest BCUT2D eigenvalue weighted by Crippen LogP contribution is 2.53. The first-order valence-electron chi connectivity index (χ1n) is 7.94. The molecule has 2 rings (SSSR count). The maximum absolute atomic E-state index is 13.9. The Bertz CT molecular complexity index is 883. The summed E-state index contributed by atoms with van der Waals surface area (Å²) in [6, 6.07) is 5.38. The molecule has 0 aliphatic carbocycles. The van der Waals surface area contributed by atoms with Crippen LogP contribution >= 0.6 is 0 Å². The number of carbonyl (C=O) groups excluding carboxylic acids is 1. The van der Waals surface area contributed by atoms with Crippen molar-refractivity contribution in [3.05, 3.63) is 70.8 Å². The number of hydrogen-bond acceptors (Lipinski definition) is 1. The smallest absolute Gasteiger partial charge is 0.348 e. The van der Waals surface area contributed by atoms with Crippen molar-refractivity contribution in [3.8, 4) is 0 Å². The molecule has 0 radical (unpaired) electrons. The third kappa shape index (κ3) is 4.68. The summed E-state index contributed by atoms with van der Waals surface area (Å²) in [7, 11) is 0. The molecule has 0 unspecified atom stereocenters. The third-order valence-electron chi connectivity index (χ3n) is 4.04. The van der Waals surface area contributed by atoms with Gasteiger partial charge >= 0.3 is 24.2 Å². The van der Waals surface area contributed by atoms with Gasteiger partial charge in [0, 0.05) is 17.7 Å². The lowest BCUT2D eigenvalue weighted by Gasteiger charge is -2.30. The molecule has 0 spiro atoms. The zero-order chi connectivity index (χ0) is 23.0. The maximum atomic E-state index is 13.9. The van der Waals surface area contributed by atoms with E-state index in [0.29, 0.717) is 6.07 Å². The minimum atomic E-state index is -6.26. The summed E-state index contributed by atoms with van der Waals surface area (Å²) in [5, 5.41) is 2.17. The van der Waals surface area contributed by atoms with Crippen molar-refractivity contribution in [1.82, 2.24) is 5.32 Å². The van der Waals surface area contributed by atoms with Crippen LogP contribution in [0.15, 0.2) is 48.5 Å². The van der Waals surface area contributed by atoms with Gasteiger partial charge in [0.1, 0.15) is 0 Å². The van der Waals surface area contributed by atoms with E-state index in [9.17, 15) is 48.7 Å². The quantitative estimate of drug-likeness (QED) is 0.579. The first-order chi connectivity index (χ1) is 13.6. The summed E-state index contributed by atoms with van der Waals surface area (Å²) in [6.07, 6.45) is -17.2. The predicted octanol–water partition coefficient (Wildman–Crippen LogP) is 5.92. The van der Waals surface area contributed by atoms with Crippen LogP contribution in [0.1, 0.15) is 27.0 Å². The Labute approximate surface area is 162 Å². The molecule has 1 N–H and O–H groups in total. The minimum Gasteiger partial charge on any atom is -0.348 e. The summed E-state index contributed by atoms with van der Waals surface area (Å²) >= 11 is 0. The van der Waals surface area contributed by atoms with Gasteiger partial charge in [-0.2, -0.15) is 39.5 Å². The summed E-state index contributed by atoms with van der Waals surface area (Å²) in [5.41, 5.74) is -8.74. The van der Waals surface area contributed by atoms with E-state index < -0.39 is 47.8 Å². The van der Waals surface area contributed by atoms with Crippen LogP contribution in [-0.4, -0.2) is 18.3 Å². The van der Waals surface area contributed by atoms with E-state index in [1.54, 1.807) is 0 Å². The van der Waals surface area contributed by atoms with Crippen LogP contribution < -0.4 is 5.32 Å². The van der Waals surface area contributed by atoms with Crippen LogP contribution in [0, 0.1) is 0 Å². The van der Waals surface area contributed by atoms with Crippen molar-refractivity contribution >= 4 is 5.91 Å². The Morgan fingerprint density at radius 3 is 1.73 bits per heavy atom. The zero-order valence-electron chi connectivity index (χ0n) is 14.5.